The molecule has 26 heavy (non-hydrogen) atoms. The van der Waals surface area contributed by atoms with Gasteiger partial charge in [0.2, 0.25) is 0 Å². The highest BCUT2D eigenvalue weighted by Gasteiger charge is 2.48. The standard InChI is InChI=1S/C9H8O4.C7H12O6/c10-7-3-1-6(5-8(7)11)2-4-9(12)13;8-3-1-7(13,6(11)12)2-4(9)5(3)10/h1-5,10-11H,(H,12,13);3-5,8-10,13H,1-2H2,(H,11,12)/b4-2+;/t;3-,4?,5-,7+/m.1/s1. The molecule has 0 heterocycles. The molecule has 0 aliphatic heterocycles. The van der Waals surface area contributed by atoms with Crippen molar-refractivity contribution in [2.75, 3.05) is 0 Å². The highest BCUT2D eigenvalue weighted by molar-refractivity contribution is 5.85. The smallest absolute Gasteiger partial charge is 0.335 e. The van der Waals surface area contributed by atoms with Gasteiger partial charge in [-0.3, -0.25) is 0 Å². The van der Waals surface area contributed by atoms with Gasteiger partial charge in [0.05, 0.1) is 12.2 Å². The van der Waals surface area contributed by atoms with Crippen LogP contribution in [0.4, 0.5) is 0 Å². The number of aliphatic carboxylic acids is 2. The lowest BCUT2D eigenvalue weighted by molar-refractivity contribution is -0.187. The van der Waals surface area contributed by atoms with Crippen LogP contribution in [0.25, 0.3) is 6.08 Å². The van der Waals surface area contributed by atoms with Gasteiger partial charge >= 0.3 is 11.9 Å². The summed E-state index contributed by atoms with van der Waals surface area (Å²) in [7, 11) is 0. The van der Waals surface area contributed by atoms with Crippen LogP contribution >= 0.6 is 0 Å². The van der Waals surface area contributed by atoms with E-state index in [-0.39, 0.29) is 11.5 Å². The van der Waals surface area contributed by atoms with Crippen molar-refractivity contribution in [1.82, 2.24) is 0 Å². The summed E-state index contributed by atoms with van der Waals surface area (Å²) in [5.74, 6) is -3.06. The summed E-state index contributed by atoms with van der Waals surface area (Å²) in [4.78, 5) is 20.6. The van der Waals surface area contributed by atoms with Gasteiger partial charge in [-0.05, 0) is 23.8 Å². The molecule has 0 saturated heterocycles. The summed E-state index contributed by atoms with van der Waals surface area (Å²) in [6.45, 7) is 0. The van der Waals surface area contributed by atoms with E-state index in [1.165, 1.54) is 24.3 Å². The highest BCUT2D eigenvalue weighted by atomic mass is 16.4. The number of rotatable bonds is 3. The number of phenols is 2. The summed E-state index contributed by atoms with van der Waals surface area (Å²) in [6.07, 6.45) is -2.89. The first-order chi connectivity index (χ1) is 12.0. The third-order valence-electron chi connectivity index (χ3n) is 3.70. The van der Waals surface area contributed by atoms with Crippen molar-refractivity contribution >= 4 is 18.0 Å². The molecule has 2 rings (SSSR count). The van der Waals surface area contributed by atoms with Crippen molar-refractivity contribution in [3.8, 4) is 11.5 Å². The second kappa shape index (κ2) is 8.63. The molecule has 4 atom stereocenters. The zero-order valence-electron chi connectivity index (χ0n) is 13.4. The summed E-state index contributed by atoms with van der Waals surface area (Å²) in [5, 5.41) is 71.5. The SMILES string of the molecule is O=C(O)/C=C/c1ccc(O)c(O)c1.O=C(O)[C@@]1(O)CC(O)[C@H](O)[C@H](O)C1. The molecule has 0 bridgehead atoms. The van der Waals surface area contributed by atoms with Crippen LogP contribution in [-0.4, -0.2) is 76.7 Å². The van der Waals surface area contributed by atoms with Gasteiger partial charge in [-0.15, -0.1) is 0 Å². The number of carboxylic acid groups (broad SMARTS) is 2. The van der Waals surface area contributed by atoms with Gasteiger partial charge in [0.15, 0.2) is 17.1 Å². The zero-order chi connectivity index (χ0) is 20.1. The van der Waals surface area contributed by atoms with Crippen molar-refractivity contribution in [3.05, 3.63) is 29.8 Å². The van der Waals surface area contributed by atoms with Crippen LogP contribution in [0.1, 0.15) is 18.4 Å². The van der Waals surface area contributed by atoms with Crippen molar-refractivity contribution in [3.63, 3.8) is 0 Å². The fraction of sp³-hybridized carbons (Fsp3) is 0.375. The number of carboxylic acids is 2. The van der Waals surface area contributed by atoms with Gasteiger partial charge in [-0.25, -0.2) is 9.59 Å². The lowest BCUT2D eigenvalue weighted by atomic mass is 9.80. The van der Waals surface area contributed by atoms with Crippen molar-refractivity contribution < 1.29 is 50.4 Å². The van der Waals surface area contributed by atoms with Crippen LogP contribution in [0.3, 0.4) is 0 Å². The van der Waals surface area contributed by atoms with Crippen molar-refractivity contribution in [2.24, 2.45) is 0 Å². The van der Waals surface area contributed by atoms with Gasteiger partial charge in [-0.2, -0.15) is 0 Å². The Bertz CT molecular complexity index is 672. The van der Waals surface area contributed by atoms with Crippen LogP contribution in [0, 0.1) is 0 Å². The van der Waals surface area contributed by atoms with E-state index >= 15 is 0 Å². The molecule has 1 fully saturated rings. The van der Waals surface area contributed by atoms with Crippen molar-refractivity contribution in [2.45, 2.75) is 36.8 Å². The first kappa shape index (κ1) is 21.4. The fourth-order valence-corrected chi connectivity index (χ4v) is 2.26. The molecule has 0 amide bonds. The number of aliphatic hydroxyl groups excluding tert-OH is 3. The van der Waals surface area contributed by atoms with Gasteiger partial charge in [0.25, 0.3) is 0 Å². The molecule has 1 aliphatic carbocycles. The monoisotopic (exact) mass is 372 g/mol. The Labute approximate surface area is 147 Å². The summed E-state index contributed by atoms with van der Waals surface area (Å²) in [5.41, 5.74) is -1.63. The molecule has 1 aliphatic rings. The number of hydrogen-bond donors (Lipinski definition) is 8. The molecule has 0 aromatic heterocycles. The van der Waals surface area contributed by atoms with Crippen LogP contribution in [0.15, 0.2) is 24.3 Å². The third-order valence-corrected chi connectivity index (χ3v) is 3.70. The Balaban J connectivity index is 0.000000260. The molecule has 1 saturated carbocycles. The van der Waals surface area contributed by atoms with Crippen LogP contribution in [0.2, 0.25) is 0 Å². The Morgan fingerprint density at radius 2 is 1.54 bits per heavy atom. The minimum atomic E-state index is -2.14. The Morgan fingerprint density at radius 1 is 1.00 bits per heavy atom. The van der Waals surface area contributed by atoms with E-state index in [0.717, 1.165) is 6.08 Å². The van der Waals surface area contributed by atoms with Crippen molar-refractivity contribution in [1.29, 1.82) is 0 Å². The van der Waals surface area contributed by atoms with E-state index in [1.54, 1.807) is 0 Å². The van der Waals surface area contributed by atoms with E-state index in [4.69, 9.17) is 35.7 Å². The van der Waals surface area contributed by atoms with Crippen LogP contribution in [0.5, 0.6) is 11.5 Å². The lowest BCUT2D eigenvalue weighted by Gasteiger charge is -2.37. The normalized spacial score (nSPS) is 28.2. The maximum Gasteiger partial charge on any atom is 0.335 e. The lowest BCUT2D eigenvalue weighted by Crippen LogP contribution is -2.56. The predicted molar refractivity (Wildman–Crippen MR) is 86.3 cm³/mol. The van der Waals surface area contributed by atoms with Gasteiger partial charge in [0.1, 0.15) is 6.10 Å². The number of benzene rings is 1. The highest BCUT2D eigenvalue weighted by Crippen LogP contribution is 2.29. The van der Waals surface area contributed by atoms with Gasteiger partial charge in [0, 0.05) is 18.9 Å². The molecular weight excluding hydrogens is 352 g/mol. The van der Waals surface area contributed by atoms with E-state index in [2.05, 4.69) is 0 Å². The van der Waals surface area contributed by atoms with E-state index in [0.29, 0.717) is 5.56 Å². The van der Waals surface area contributed by atoms with E-state index in [9.17, 15) is 14.7 Å². The van der Waals surface area contributed by atoms with E-state index in [1.807, 2.05) is 0 Å². The minimum Gasteiger partial charge on any atom is -0.504 e. The second-order valence-electron chi connectivity index (χ2n) is 5.79. The van der Waals surface area contributed by atoms with Gasteiger partial charge in [-0.1, -0.05) is 6.07 Å². The molecule has 0 radical (unpaired) electrons. The Kier molecular flexibility index (Phi) is 7.10. The fourth-order valence-electron chi connectivity index (χ4n) is 2.26. The number of aliphatic hydroxyl groups is 4. The maximum atomic E-state index is 10.5. The summed E-state index contributed by atoms with van der Waals surface area (Å²) in [6, 6.07) is 4.06. The number of carbonyl (C=O) groups is 2. The largest absolute Gasteiger partial charge is 0.504 e. The summed E-state index contributed by atoms with van der Waals surface area (Å²) < 4.78 is 0. The molecule has 1 aromatic rings. The molecule has 10 nitrogen and oxygen atoms in total. The Morgan fingerprint density at radius 3 is 1.96 bits per heavy atom. The topological polar surface area (TPSA) is 196 Å². The predicted octanol–water partition coefficient (Wildman–Crippen LogP) is -1.13. The van der Waals surface area contributed by atoms with E-state index < -0.39 is 48.7 Å². The molecule has 1 unspecified atom stereocenters. The Hall–Kier alpha value is -2.66. The molecular formula is C16H20O10. The first-order valence-electron chi connectivity index (χ1n) is 7.39. The molecule has 0 spiro atoms. The number of hydrogen-bond acceptors (Lipinski definition) is 8. The number of aromatic hydroxyl groups is 2. The first-order valence-corrected chi connectivity index (χ1v) is 7.39. The number of phenolic OH excluding ortho intramolecular Hbond substituents is 2. The zero-order valence-corrected chi connectivity index (χ0v) is 13.4. The molecule has 8 N–H and O–H groups in total. The molecule has 10 heteroatoms. The van der Waals surface area contributed by atoms with Gasteiger partial charge < -0.3 is 40.9 Å². The summed E-state index contributed by atoms with van der Waals surface area (Å²) >= 11 is 0. The minimum absolute atomic E-state index is 0.229. The maximum absolute atomic E-state index is 10.5. The quantitative estimate of drug-likeness (QED) is 0.237. The average molecular weight is 372 g/mol. The molecule has 144 valence electrons. The second-order valence-corrected chi connectivity index (χ2v) is 5.79. The van der Waals surface area contributed by atoms with Crippen LogP contribution < -0.4 is 0 Å². The average Bonchev–Trinajstić information content (AvgIpc) is 2.54. The third kappa shape index (κ3) is 5.70. The molecule has 1 aromatic carbocycles. The van der Waals surface area contributed by atoms with Crippen LogP contribution in [-0.2, 0) is 9.59 Å².